The van der Waals surface area contributed by atoms with Gasteiger partial charge in [0.25, 0.3) is 0 Å². The van der Waals surface area contributed by atoms with Gasteiger partial charge in [-0.05, 0) is 29.8 Å². The third-order valence-corrected chi connectivity index (χ3v) is 5.14. The van der Waals surface area contributed by atoms with Crippen LogP contribution in [0.4, 0.5) is 5.69 Å². The van der Waals surface area contributed by atoms with Gasteiger partial charge in [0.15, 0.2) is 0 Å². The lowest BCUT2D eigenvalue weighted by atomic mass is 10.1. The molecule has 0 atom stereocenters. The molecule has 0 bridgehead atoms. The van der Waals surface area contributed by atoms with Crippen molar-refractivity contribution < 1.29 is 14.7 Å². The largest absolute Gasteiger partial charge is 0.478 e. The molecule has 8 heteroatoms. The summed E-state index contributed by atoms with van der Waals surface area (Å²) in [6.07, 6.45) is 7.85. The second-order valence-corrected chi connectivity index (χ2v) is 7.15. The van der Waals surface area contributed by atoms with Gasteiger partial charge in [0, 0.05) is 40.6 Å². The first-order valence-electron chi connectivity index (χ1n) is 9.81. The van der Waals surface area contributed by atoms with Crippen LogP contribution in [0.1, 0.15) is 15.9 Å². The fraction of sp³-hybridized carbons (Fsp3) is 0. The predicted molar refractivity (Wildman–Crippen MR) is 122 cm³/mol. The zero-order valence-electron chi connectivity index (χ0n) is 16.7. The molecule has 3 aromatic heterocycles. The number of H-pyrrole nitrogens is 2. The lowest BCUT2D eigenvalue weighted by Gasteiger charge is -2.07. The van der Waals surface area contributed by atoms with Gasteiger partial charge in [0.2, 0.25) is 5.91 Å². The highest BCUT2D eigenvalue weighted by Gasteiger charge is 2.17. The first-order valence-corrected chi connectivity index (χ1v) is 9.81. The van der Waals surface area contributed by atoms with Crippen LogP contribution in [0.25, 0.3) is 39.3 Å². The van der Waals surface area contributed by atoms with E-state index in [4.69, 9.17) is 0 Å². The Labute approximate surface area is 181 Å². The molecule has 0 unspecified atom stereocenters. The van der Waals surface area contributed by atoms with Crippen LogP contribution in [-0.4, -0.2) is 36.9 Å². The number of carboxylic acid groups (broad SMARTS) is 1. The number of amides is 1. The molecule has 0 aliphatic heterocycles. The Morgan fingerprint density at radius 2 is 1.88 bits per heavy atom. The third-order valence-electron chi connectivity index (χ3n) is 5.14. The van der Waals surface area contributed by atoms with Gasteiger partial charge in [0.05, 0.1) is 16.6 Å². The number of benzene rings is 2. The van der Waals surface area contributed by atoms with Crippen LogP contribution in [-0.2, 0) is 4.79 Å². The van der Waals surface area contributed by atoms with Gasteiger partial charge < -0.3 is 20.4 Å². The van der Waals surface area contributed by atoms with Gasteiger partial charge in [-0.3, -0.25) is 4.79 Å². The minimum Gasteiger partial charge on any atom is -0.478 e. The van der Waals surface area contributed by atoms with E-state index in [1.165, 1.54) is 18.6 Å². The van der Waals surface area contributed by atoms with Gasteiger partial charge in [-0.25, -0.2) is 14.8 Å². The second-order valence-electron chi connectivity index (χ2n) is 7.15. The van der Waals surface area contributed by atoms with E-state index in [9.17, 15) is 14.7 Å². The zero-order valence-corrected chi connectivity index (χ0v) is 16.7. The minimum absolute atomic E-state index is 0.0895. The maximum atomic E-state index is 12.5. The molecular weight excluding hydrogens is 406 g/mol. The van der Waals surface area contributed by atoms with Crippen LogP contribution in [0.2, 0.25) is 0 Å². The number of para-hydroxylation sites is 1. The fourth-order valence-corrected chi connectivity index (χ4v) is 3.68. The Morgan fingerprint density at radius 3 is 2.75 bits per heavy atom. The average Bonchev–Trinajstić information content (AvgIpc) is 3.42. The van der Waals surface area contributed by atoms with Gasteiger partial charge in [-0.2, -0.15) is 0 Å². The number of hydrogen-bond donors (Lipinski definition) is 4. The molecule has 5 rings (SSSR count). The fourth-order valence-electron chi connectivity index (χ4n) is 3.68. The number of carbonyl (C=O) groups is 2. The van der Waals surface area contributed by atoms with Crippen molar-refractivity contribution in [2.75, 3.05) is 5.32 Å². The first-order chi connectivity index (χ1) is 15.6. The van der Waals surface area contributed by atoms with Crippen LogP contribution in [0, 0.1) is 0 Å². The molecule has 2 aromatic carbocycles. The van der Waals surface area contributed by atoms with E-state index >= 15 is 0 Å². The second kappa shape index (κ2) is 7.84. The number of aromatic amines is 2. The van der Waals surface area contributed by atoms with E-state index in [0.717, 1.165) is 16.5 Å². The van der Waals surface area contributed by atoms with E-state index in [1.54, 1.807) is 30.3 Å². The molecule has 4 N–H and O–H groups in total. The van der Waals surface area contributed by atoms with Crippen molar-refractivity contribution in [3.63, 3.8) is 0 Å². The molecule has 0 radical (unpaired) electrons. The maximum Gasteiger partial charge on any atom is 0.338 e. The third kappa shape index (κ3) is 3.50. The van der Waals surface area contributed by atoms with Crippen molar-refractivity contribution in [3.05, 3.63) is 84.5 Å². The number of fused-ring (bicyclic) bond motifs is 2. The molecule has 8 nitrogen and oxygen atoms in total. The Morgan fingerprint density at radius 1 is 1.00 bits per heavy atom. The zero-order chi connectivity index (χ0) is 22.1. The van der Waals surface area contributed by atoms with Gasteiger partial charge in [-0.15, -0.1) is 0 Å². The average molecular weight is 423 g/mol. The van der Waals surface area contributed by atoms with Gasteiger partial charge in [0.1, 0.15) is 12.0 Å². The van der Waals surface area contributed by atoms with E-state index in [-0.39, 0.29) is 11.5 Å². The lowest BCUT2D eigenvalue weighted by molar-refractivity contribution is -0.111. The number of carbonyl (C=O) groups excluding carboxylic acids is 1. The molecule has 5 aromatic rings. The molecular formula is C24H17N5O3. The molecule has 32 heavy (non-hydrogen) atoms. The minimum atomic E-state index is -1.07. The summed E-state index contributed by atoms with van der Waals surface area (Å²) in [7, 11) is 0. The molecule has 156 valence electrons. The van der Waals surface area contributed by atoms with Crippen LogP contribution >= 0.6 is 0 Å². The Kier molecular flexibility index (Phi) is 4.72. The van der Waals surface area contributed by atoms with Crippen molar-refractivity contribution >= 4 is 45.6 Å². The molecule has 0 spiro atoms. The summed E-state index contributed by atoms with van der Waals surface area (Å²) < 4.78 is 0. The van der Waals surface area contributed by atoms with E-state index in [2.05, 4.69) is 25.3 Å². The number of nitrogens with zero attached hydrogens (tertiary/aromatic N) is 2. The Balaban J connectivity index is 1.41. The predicted octanol–water partition coefficient (Wildman–Crippen LogP) is 4.46. The van der Waals surface area contributed by atoms with Crippen LogP contribution in [0.5, 0.6) is 0 Å². The van der Waals surface area contributed by atoms with Crippen molar-refractivity contribution in [2.45, 2.75) is 0 Å². The smallest absolute Gasteiger partial charge is 0.338 e. The number of nitrogens with one attached hydrogen (secondary N) is 3. The number of anilines is 1. The Hall–Kier alpha value is -4.72. The summed E-state index contributed by atoms with van der Waals surface area (Å²) in [5.74, 6) is -1.35. The van der Waals surface area contributed by atoms with E-state index < -0.39 is 5.97 Å². The van der Waals surface area contributed by atoms with E-state index in [0.29, 0.717) is 28.0 Å². The SMILES string of the molecule is O=C(/C=C/c1c[nH]c2ccccc12)Nc1cccc(-c2ncnc3[nH]cc(C(=O)O)c23)c1. The highest BCUT2D eigenvalue weighted by atomic mass is 16.4. The molecule has 0 saturated carbocycles. The lowest BCUT2D eigenvalue weighted by Crippen LogP contribution is -2.07. The van der Waals surface area contributed by atoms with Gasteiger partial charge >= 0.3 is 5.97 Å². The van der Waals surface area contributed by atoms with Crippen LogP contribution in [0.15, 0.2) is 73.3 Å². The molecule has 0 fully saturated rings. The summed E-state index contributed by atoms with van der Waals surface area (Å²) in [6.45, 7) is 0. The number of rotatable bonds is 5. The number of carboxylic acids is 1. The number of aromatic carboxylic acids is 1. The summed E-state index contributed by atoms with van der Waals surface area (Å²) >= 11 is 0. The summed E-state index contributed by atoms with van der Waals surface area (Å²) in [5, 5.41) is 13.8. The molecule has 3 heterocycles. The van der Waals surface area contributed by atoms with E-state index in [1.807, 2.05) is 30.5 Å². The highest BCUT2D eigenvalue weighted by Crippen LogP contribution is 2.29. The highest BCUT2D eigenvalue weighted by molar-refractivity contribution is 6.08. The summed E-state index contributed by atoms with van der Waals surface area (Å²) in [6, 6.07) is 14.9. The molecule has 0 saturated heterocycles. The van der Waals surface area contributed by atoms with Crippen molar-refractivity contribution in [3.8, 4) is 11.3 Å². The molecule has 0 aliphatic rings. The Bertz CT molecular complexity index is 1510. The molecule has 1 amide bonds. The summed E-state index contributed by atoms with van der Waals surface area (Å²) in [5.41, 5.74) is 4.14. The van der Waals surface area contributed by atoms with Crippen LogP contribution in [0.3, 0.4) is 0 Å². The first kappa shape index (κ1) is 19.3. The van der Waals surface area contributed by atoms with Crippen molar-refractivity contribution in [1.29, 1.82) is 0 Å². The van der Waals surface area contributed by atoms with Crippen LogP contribution < -0.4 is 5.32 Å². The van der Waals surface area contributed by atoms with Crippen molar-refractivity contribution in [2.24, 2.45) is 0 Å². The number of hydrogen-bond acceptors (Lipinski definition) is 4. The summed E-state index contributed by atoms with van der Waals surface area (Å²) in [4.78, 5) is 38.5. The van der Waals surface area contributed by atoms with Gasteiger partial charge in [-0.1, -0.05) is 30.3 Å². The molecule has 0 aliphatic carbocycles. The monoisotopic (exact) mass is 423 g/mol. The standard InChI is InChI=1S/C24H17N5O3/c30-20(9-8-15-11-25-19-7-2-1-6-17(15)19)29-16-5-3-4-14(10-16)22-21-18(24(31)32)12-26-23(21)28-13-27-22/h1-13,25H,(H,29,30)(H,31,32)(H,26,27,28)/b9-8+. The normalized spacial score (nSPS) is 11.4. The van der Waals surface area contributed by atoms with Crippen molar-refractivity contribution in [1.82, 2.24) is 19.9 Å². The topological polar surface area (TPSA) is 124 Å². The number of aromatic nitrogens is 4. The quantitative estimate of drug-likeness (QED) is 0.311. The maximum absolute atomic E-state index is 12.5.